The summed E-state index contributed by atoms with van der Waals surface area (Å²) < 4.78 is 31.8. The number of halogens is 1. The van der Waals surface area contributed by atoms with Crippen molar-refractivity contribution in [2.45, 2.75) is 10.8 Å². The number of alkyl halides is 1. The predicted octanol–water partition coefficient (Wildman–Crippen LogP) is -0.162. The lowest BCUT2D eigenvalue weighted by Crippen LogP contribution is -2.19. The number of ether oxygens (including phenoxy) is 1. The van der Waals surface area contributed by atoms with Crippen LogP contribution in [0.3, 0.4) is 0 Å². The third-order valence-corrected chi connectivity index (χ3v) is 2.77. The van der Waals surface area contributed by atoms with Crippen molar-refractivity contribution in [1.82, 2.24) is 0 Å². The van der Waals surface area contributed by atoms with E-state index in [9.17, 15) is 8.42 Å². The van der Waals surface area contributed by atoms with Crippen LogP contribution in [0.15, 0.2) is 0 Å². The number of hydrogen-bond donors (Lipinski definition) is 1. The van der Waals surface area contributed by atoms with E-state index in [1.54, 1.807) is 0 Å². The van der Waals surface area contributed by atoms with Crippen molar-refractivity contribution < 1.29 is 17.7 Å². The minimum absolute atomic E-state index is 0.313. The van der Waals surface area contributed by atoms with E-state index in [4.69, 9.17) is 16.2 Å². The summed E-state index contributed by atoms with van der Waals surface area (Å²) in [6.45, 7) is 0.313. The molecule has 6 heteroatoms. The van der Waals surface area contributed by atoms with Gasteiger partial charge in [0.25, 0.3) is 10.1 Å². The van der Waals surface area contributed by atoms with Gasteiger partial charge in [-0.2, -0.15) is 8.42 Å². The van der Waals surface area contributed by atoms with E-state index >= 15 is 0 Å². The second-order valence-corrected chi connectivity index (χ2v) is 4.00. The molecule has 1 aliphatic heterocycles. The van der Waals surface area contributed by atoms with E-state index in [0.29, 0.717) is 6.61 Å². The maximum absolute atomic E-state index is 10.2. The average Bonchev–Trinajstić information content (AvgIpc) is 2.40. The summed E-state index contributed by atoms with van der Waals surface area (Å²) in [6.07, 6.45) is -0.512. The summed E-state index contributed by atoms with van der Waals surface area (Å²) >= 11 is 5.19. The highest BCUT2D eigenvalue weighted by molar-refractivity contribution is 7.87. The Kier molecular flexibility index (Phi) is 1.69. The SMILES string of the molecule is O=S(=O)(O)C(Cl)C1CO1. The largest absolute Gasteiger partial charge is 0.370 e. The van der Waals surface area contributed by atoms with Crippen LogP contribution in [-0.2, 0) is 14.9 Å². The van der Waals surface area contributed by atoms with E-state index in [1.165, 1.54) is 0 Å². The number of rotatable bonds is 2. The van der Waals surface area contributed by atoms with Crippen molar-refractivity contribution >= 4 is 21.7 Å². The molecule has 0 aliphatic carbocycles. The third kappa shape index (κ3) is 1.79. The van der Waals surface area contributed by atoms with Gasteiger partial charge in [0.05, 0.1) is 6.61 Å². The fourth-order valence-electron chi connectivity index (χ4n) is 0.399. The van der Waals surface area contributed by atoms with Crippen LogP contribution in [0.4, 0.5) is 0 Å². The Bertz CT molecular complexity index is 194. The first-order valence-corrected chi connectivity index (χ1v) is 4.18. The molecule has 2 atom stereocenters. The Balaban J connectivity index is 2.61. The fraction of sp³-hybridized carbons (Fsp3) is 1.00. The van der Waals surface area contributed by atoms with Crippen LogP contribution in [0.1, 0.15) is 0 Å². The zero-order chi connectivity index (χ0) is 7.07. The molecule has 0 aromatic heterocycles. The lowest BCUT2D eigenvalue weighted by atomic mass is 10.6. The van der Waals surface area contributed by atoms with Crippen LogP contribution in [-0.4, -0.2) is 30.4 Å². The summed E-state index contributed by atoms with van der Waals surface area (Å²) in [6, 6.07) is 0. The first-order valence-electron chi connectivity index (χ1n) is 2.24. The smallest absolute Gasteiger partial charge is 0.284 e. The summed E-state index contributed by atoms with van der Waals surface area (Å²) in [7, 11) is -4.10. The Morgan fingerprint density at radius 3 is 2.33 bits per heavy atom. The van der Waals surface area contributed by atoms with E-state index in [-0.39, 0.29) is 0 Å². The molecule has 4 nitrogen and oxygen atoms in total. The lowest BCUT2D eigenvalue weighted by molar-refractivity contribution is 0.404. The molecule has 0 bridgehead atoms. The van der Waals surface area contributed by atoms with E-state index < -0.39 is 20.9 Å². The predicted molar refractivity (Wildman–Crippen MR) is 30.9 cm³/mol. The highest BCUT2D eigenvalue weighted by atomic mass is 35.5. The fourth-order valence-corrected chi connectivity index (χ4v) is 1.08. The zero-order valence-electron chi connectivity index (χ0n) is 4.32. The molecule has 0 aromatic rings. The Morgan fingerprint density at radius 2 is 2.22 bits per heavy atom. The van der Waals surface area contributed by atoms with Crippen molar-refractivity contribution in [1.29, 1.82) is 0 Å². The van der Waals surface area contributed by atoms with Crippen molar-refractivity contribution in [3.63, 3.8) is 0 Å². The molecular weight excluding hydrogens is 168 g/mol. The van der Waals surface area contributed by atoms with Gasteiger partial charge in [-0.25, -0.2) is 0 Å². The Hall–Kier alpha value is 0.160. The summed E-state index contributed by atoms with van der Waals surface area (Å²) in [4.78, 5) is 0. The molecule has 0 radical (unpaired) electrons. The highest BCUT2D eigenvalue weighted by Gasteiger charge is 2.39. The number of hydrogen-bond acceptors (Lipinski definition) is 3. The molecule has 1 heterocycles. The topological polar surface area (TPSA) is 66.9 Å². The van der Waals surface area contributed by atoms with Gasteiger partial charge in [0, 0.05) is 0 Å². The van der Waals surface area contributed by atoms with Crippen LogP contribution < -0.4 is 0 Å². The Morgan fingerprint density at radius 1 is 1.78 bits per heavy atom. The molecule has 1 fully saturated rings. The van der Waals surface area contributed by atoms with Gasteiger partial charge in [0.1, 0.15) is 6.10 Å². The van der Waals surface area contributed by atoms with Crippen LogP contribution in [0.2, 0.25) is 0 Å². The van der Waals surface area contributed by atoms with Gasteiger partial charge in [0.15, 0.2) is 4.71 Å². The van der Waals surface area contributed by atoms with Crippen LogP contribution >= 0.6 is 11.6 Å². The average molecular weight is 173 g/mol. The monoisotopic (exact) mass is 172 g/mol. The third-order valence-electron chi connectivity index (χ3n) is 0.936. The van der Waals surface area contributed by atoms with E-state index in [0.717, 1.165) is 0 Å². The van der Waals surface area contributed by atoms with Gasteiger partial charge in [-0.15, -0.1) is 0 Å². The highest BCUT2D eigenvalue weighted by Crippen LogP contribution is 2.22. The van der Waals surface area contributed by atoms with Gasteiger partial charge < -0.3 is 4.74 Å². The molecule has 1 saturated heterocycles. The first kappa shape index (κ1) is 7.27. The number of epoxide rings is 1. The standard InChI is InChI=1S/C3H5ClO4S/c4-3(2-1-8-2)9(5,6)7/h2-3H,1H2,(H,5,6,7). The summed E-state index contributed by atoms with van der Waals surface area (Å²) in [5.41, 5.74) is 0. The normalized spacial score (nSPS) is 29.8. The maximum atomic E-state index is 10.2. The van der Waals surface area contributed by atoms with Gasteiger partial charge in [0.2, 0.25) is 0 Å². The second-order valence-electron chi connectivity index (χ2n) is 1.74. The molecule has 54 valence electrons. The second kappa shape index (κ2) is 2.09. The van der Waals surface area contributed by atoms with E-state index in [2.05, 4.69) is 4.74 Å². The molecule has 0 amide bonds. The maximum Gasteiger partial charge on any atom is 0.284 e. The molecule has 9 heavy (non-hydrogen) atoms. The van der Waals surface area contributed by atoms with Crippen LogP contribution in [0.5, 0.6) is 0 Å². The zero-order valence-corrected chi connectivity index (χ0v) is 5.89. The molecule has 1 aliphatic rings. The molecule has 0 spiro atoms. The van der Waals surface area contributed by atoms with Crippen LogP contribution in [0.25, 0.3) is 0 Å². The lowest BCUT2D eigenvalue weighted by Gasteiger charge is -1.98. The molecule has 1 N–H and O–H groups in total. The Labute approximate surface area is 57.5 Å². The van der Waals surface area contributed by atoms with Gasteiger partial charge in [-0.1, -0.05) is 11.6 Å². The van der Waals surface area contributed by atoms with Crippen LogP contribution in [0, 0.1) is 0 Å². The van der Waals surface area contributed by atoms with Crippen molar-refractivity contribution in [2.75, 3.05) is 6.61 Å². The quantitative estimate of drug-likeness (QED) is 0.357. The van der Waals surface area contributed by atoms with Gasteiger partial charge in [-0.3, -0.25) is 4.55 Å². The minimum atomic E-state index is -4.10. The van der Waals surface area contributed by atoms with Crippen molar-refractivity contribution in [2.24, 2.45) is 0 Å². The molecule has 0 aromatic carbocycles. The van der Waals surface area contributed by atoms with Gasteiger partial charge in [-0.05, 0) is 0 Å². The van der Waals surface area contributed by atoms with Crippen molar-refractivity contribution in [3.8, 4) is 0 Å². The van der Waals surface area contributed by atoms with E-state index in [1.807, 2.05) is 0 Å². The summed E-state index contributed by atoms with van der Waals surface area (Å²) in [5, 5.41) is 0. The molecular formula is C3H5ClO4S. The van der Waals surface area contributed by atoms with Gasteiger partial charge >= 0.3 is 0 Å². The van der Waals surface area contributed by atoms with Crippen molar-refractivity contribution in [3.05, 3.63) is 0 Å². The minimum Gasteiger partial charge on any atom is -0.370 e. The molecule has 2 unspecified atom stereocenters. The first-order chi connectivity index (χ1) is 4.02. The summed E-state index contributed by atoms with van der Waals surface area (Å²) in [5.74, 6) is 0. The molecule has 0 saturated carbocycles. The molecule has 1 rings (SSSR count).